The zero-order valence-corrected chi connectivity index (χ0v) is 17.0. The predicted molar refractivity (Wildman–Crippen MR) is 106 cm³/mol. The van der Waals surface area contributed by atoms with Gasteiger partial charge in [-0.15, -0.1) is 0 Å². The predicted octanol–water partition coefficient (Wildman–Crippen LogP) is 1.99. The first-order valence-corrected chi connectivity index (χ1v) is 10.3. The molecule has 2 heterocycles. The third-order valence-electron chi connectivity index (χ3n) is 6.63. The molecule has 6 atom stereocenters. The van der Waals surface area contributed by atoms with Crippen LogP contribution < -0.4 is 10.9 Å². The van der Waals surface area contributed by atoms with Gasteiger partial charge in [0.2, 0.25) is 5.91 Å². The Labute approximate surface area is 169 Å². The standard InChI is InChI=1S/C20H20BrN3O4/c1-9-16(19(26)24(23(9)2)10-6-4-3-5-7-10)22-18(25)13-11-8-12-14(13)20(27)28-17(12)15(11)21/h3-7,11-15,17H,8H2,1-2H3,(H,22,25)/t11-,12-,13-,14+,15+,17+/m1/s1. The summed E-state index contributed by atoms with van der Waals surface area (Å²) in [7, 11) is 1.78. The van der Waals surface area contributed by atoms with E-state index >= 15 is 0 Å². The summed E-state index contributed by atoms with van der Waals surface area (Å²) >= 11 is 3.62. The Morgan fingerprint density at radius 1 is 1.21 bits per heavy atom. The van der Waals surface area contributed by atoms with Crippen LogP contribution in [0.2, 0.25) is 0 Å². The second kappa shape index (κ2) is 6.07. The number of hydrogen-bond donors (Lipinski definition) is 1. The summed E-state index contributed by atoms with van der Waals surface area (Å²) in [6.07, 6.45) is 0.678. The molecule has 28 heavy (non-hydrogen) atoms. The van der Waals surface area contributed by atoms with Gasteiger partial charge in [-0.3, -0.25) is 19.1 Å². The second-order valence-corrected chi connectivity index (χ2v) is 8.94. The summed E-state index contributed by atoms with van der Waals surface area (Å²) in [5.74, 6) is -1.28. The number of alkyl halides is 1. The molecule has 2 saturated carbocycles. The second-order valence-electron chi connectivity index (χ2n) is 7.89. The molecule has 0 spiro atoms. The van der Waals surface area contributed by atoms with Gasteiger partial charge in [0.1, 0.15) is 11.8 Å². The van der Waals surface area contributed by atoms with Gasteiger partial charge in [0.15, 0.2) is 0 Å². The fraction of sp³-hybridized carbons (Fsp3) is 0.450. The first kappa shape index (κ1) is 17.7. The summed E-state index contributed by atoms with van der Waals surface area (Å²) in [5.41, 5.74) is 1.35. The van der Waals surface area contributed by atoms with E-state index in [0.717, 1.165) is 12.1 Å². The Hall–Kier alpha value is -2.35. The lowest BCUT2D eigenvalue weighted by atomic mass is 9.79. The summed E-state index contributed by atoms with van der Waals surface area (Å²) in [4.78, 5) is 38.5. The smallest absolute Gasteiger partial charge is 0.310 e. The van der Waals surface area contributed by atoms with Crippen LogP contribution in [0.5, 0.6) is 0 Å². The average molecular weight is 446 g/mol. The number of esters is 1. The van der Waals surface area contributed by atoms with E-state index in [2.05, 4.69) is 21.2 Å². The van der Waals surface area contributed by atoms with Crippen LogP contribution in [0.4, 0.5) is 5.69 Å². The molecule has 1 amide bonds. The van der Waals surface area contributed by atoms with Gasteiger partial charge in [-0.25, -0.2) is 4.68 Å². The Kier molecular flexibility index (Phi) is 3.84. The van der Waals surface area contributed by atoms with Gasteiger partial charge in [0.25, 0.3) is 5.56 Å². The molecule has 7 nitrogen and oxygen atoms in total. The monoisotopic (exact) mass is 445 g/mol. The van der Waals surface area contributed by atoms with Crippen LogP contribution in [-0.2, 0) is 21.4 Å². The van der Waals surface area contributed by atoms with E-state index < -0.39 is 11.8 Å². The van der Waals surface area contributed by atoms with Crippen molar-refractivity contribution in [1.29, 1.82) is 0 Å². The number of ether oxygens (including phenoxy) is 1. The third-order valence-corrected chi connectivity index (χ3v) is 7.83. The quantitative estimate of drug-likeness (QED) is 0.578. The van der Waals surface area contributed by atoms with Gasteiger partial charge in [-0.05, 0) is 31.4 Å². The molecule has 1 aromatic carbocycles. The molecule has 3 aliphatic rings. The lowest BCUT2D eigenvalue weighted by molar-refractivity contribution is -0.145. The highest BCUT2D eigenvalue weighted by atomic mass is 79.9. The molecule has 2 aliphatic carbocycles. The largest absolute Gasteiger partial charge is 0.461 e. The first-order chi connectivity index (χ1) is 13.4. The number of halogens is 1. The Morgan fingerprint density at radius 2 is 1.93 bits per heavy atom. The maximum Gasteiger partial charge on any atom is 0.310 e. The van der Waals surface area contributed by atoms with E-state index in [1.165, 1.54) is 4.68 Å². The van der Waals surface area contributed by atoms with Gasteiger partial charge in [0, 0.05) is 13.0 Å². The molecule has 5 rings (SSSR count). The number of aromatic nitrogens is 2. The van der Waals surface area contributed by atoms with Crippen molar-refractivity contribution in [1.82, 2.24) is 9.36 Å². The number of hydrogen-bond acceptors (Lipinski definition) is 4. The molecular weight excluding hydrogens is 426 g/mol. The maximum absolute atomic E-state index is 13.1. The highest BCUT2D eigenvalue weighted by Gasteiger charge is 2.67. The topological polar surface area (TPSA) is 82.3 Å². The van der Waals surface area contributed by atoms with E-state index in [1.54, 1.807) is 18.7 Å². The van der Waals surface area contributed by atoms with Crippen LogP contribution >= 0.6 is 15.9 Å². The van der Waals surface area contributed by atoms with E-state index in [9.17, 15) is 14.4 Å². The van der Waals surface area contributed by atoms with E-state index in [1.807, 2.05) is 30.3 Å². The fourth-order valence-electron chi connectivity index (χ4n) is 5.25. The number of benzene rings is 1. The van der Waals surface area contributed by atoms with Crippen LogP contribution in [0.25, 0.3) is 5.69 Å². The molecule has 2 bridgehead atoms. The zero-order valence-electron chi connectivity index (χ0n) is 15.5. The molecule has 8 heteroatoms. The van der Waals surface area contributed by atoms with Gasteiger partial charge >= 0.3 is 5.97 Å². The van der Waals surface area contributed by atoms with Crippen LogP contribution in [0.1, 0.15) is 12.1 Å². The third kappa shape index (κ3) is 2.24. The van der Waals surface area contributed by atoms with Crippen LogP contribution in [-0.4, -0.2) is 32.2 Å². The number of fused-ring (bicyclic) bond motifs is 1. The van der Waals surface area contributed by atoms with Crippen molar-refractivity contribution in [2.75, 3.05) is 5.32 Å². The number of nitrogens with zero attached hydrogens (tertiary/aromatic N) is 2. The van der Waals surface area contributed by atoms with Gasteiger partial charge in [0.05, 0.1) is 28.0 Å². The molecule has 1 aromatic heterocycles. The van der Waals surface area contributed by atoms with Crippen molar-refractivity contribution in [2.45, 2.75) is 24.3 Å². The molecule has 1 N–H and O–H groups in total. The molecule has 3 fully saturated rings. The van der Waals surface area contributed by atoms with E-state index in [4.69, 9.17) is 4.74 Å². The highest BCUT2D eigenvalue weighted by Crippen LogP contribution is 2.60. The lowest BCUT2D eigenvalue weighted by Crippen LogP contribution is -2.41. The Bertz CT molecular complexity index is 1040. The van der Waals surface area contributed by atoms with Gasteiger partial charge < -0.3 is 10.1 Å². The number of nitrogens with one attached hydrogen (secondary N) is 1. The number of amides is 1. The van der Waals surface area contributed by atoms with E-state index in [0.29, 0.717) is 5.69 Å². The first-order valence-electron chi connectivity index (χ1n) is 9.39. The summed E-state index contributed by atoms with van der Waals surface area (Å²) < 4.78 is 8.72. The molecule has 146 valence electrons. The lowest BCUT2D eigenvalue weighted by Gasteiger charge is -2.27. The molecule has 1 aliphatic heterocycles. The van der Waals surface area contributed by atoms with Crippen molar-refractivity contribution in [2.24, 2.45) is 30.7 Å². The van der Waals surface area contributed by atoms with Crippen molar-refractivity contribution in [3.8, 4) is 5.69 Å². The van der Waals surface area contributed by atoms with Crippen molar-refractivity contribution in [3.63, 3.8) is 0 Å². The maximum atomic E-state index is 13.1. The van der Waals surface area contributed by atoms with Crippen LogP contribution in [0.3, 0.4) is 0 Å². The zero-order chi connectivity index (χ0) is 19.7. The van der Waals surface area contributed by atoms with Crippen molar-refractivity contribution >= 4 is 33.5 Å². The number of carbonyl (C=O) groups excluding carboxylic acids is 2. The number of carbonyl (C=O) groups is 2. The van der Waals surface area contributed by atoms with Crippen LogP contribution in [0.15, 0.2) is 35.1 Å². The average Bonchev–Trinajstić information content (AvgIpc) is 3.34. The van der Waals surface area contributed by atoms with Crippen molar-refractivity contribution in [3.05, 3.63) is 46.4 Å². The Balaban J connectivity index is 1.49. The molecule has 1 saturated heterocycles. The number of rotatable bonds is 3. The van der Waals surface area contributed by atoms with Gasteiger partial charge in [-0.1, -0.05) is 34.1 Å². The fourth-order valence-corrected chi connectivity index (χ4v) is 6.29. The number of anilines is 1. The summed E-state index contributed by atoms with van der Waals surface area (Å²) in [6, 6.07) is 9.28. The number of para-hydroxylation sites is 1. The molecular formula is C20H20BrN3O4. The molecule has 2 aromatic rings. The Morgan fingerprint density at radius 3 is 2.64 bits per heavy atom. The minimum atomic E-state index is -0.468. The van der Waals surface area contributed by atoms with Gasteiger partial charge in [-0.2, -0.15) is 0 Å². The SMILES string of the molecule is Cc1c(NC(=O)[C@@H]2[C@H]3C[C@H]4[C@H](OC(=O)[C@@H]42)[C@H]3Br)c(=O)n(-c2ccccc2)n1C. The minimum absolute atomic E-state index is 0.00574. The molecule has 0 radical (unpaired) electrons. The highest BCUT2D eigenvalue weighted by molar-refractivity contribution is 9.09. The normalized spacial score (nSPS) is 32.6. The minimum Gasteiger partial charge on any atom is -0.461 e. The van der Waals surface area contributed by atoms with E-state index in [-0.39, 0.29) is 45.9 Å². The van der Waals surface area contributed by atoms with Crippen molar-refractivity contribution < 1.29 is 14.3 Å². The summed E-state index contributed by atoms with van der Waals surface area (Å²) in [6.45, 7) is 1.80. The summed E-state index contributed by atoms with van der Waals surface area (Å²) in [5, 5.41) is 2.84. The molecule has 0 unspecified atom stereocenters. The van der Waals surface area contributed by atoms with Crippen LogP contribution in [0, 0.1) is 30.6 Å².